The fraction of sp³-hybridized carbons (Fsp3) is 0.200. The third-order valence-electron chi connectivity index (χ3n) is 9.16. The number of benzene rings is 2. The van der Waals surface area contributed by atoms with E-state index in [-0.39, 0.29) is 68.3 Å². The third kappa shape index (κ3) is 11.5. The van der Waals surface area contributed by atoms with E-state index in [0.29, 0.717) is 42.3 Å². The van der Waals surface area contributed by atoms with E-state index in [0.717, 1.165) is 6.04 Å². The molecule has 0 atom stereocenters. The van der Waals surface area contributed by atoms with Gasteiger partial charge in [0.25, 0.3) is 11.8 Å². The molecular weight excluding hydrogens is 968 g/mol. The van der Waals surface area contributed by atoms with E-state index >= 15 is 0 Å². The zero-order chi connectivity index (χ0) is 47.3. The second-order valence-electron chi connectivity index (χ2n) is 15.0. The molecule has 6 heterocycles. The van der Waals surface area contributed by atoms with E-state index < -0.39 is 33.1 Å². The standard InChI is InChI=1S/C23H25ClF2N6O3SSi.C17H11ClF2N6O2S/c1-37(2,3)7-6-34-12-32-20(14-8-13(24)4-5-17(14)35-22(25)26)16(10-29-32)30-21(33)15-9-28-11-18-19(15)31-23(27)36-18;18-7-1-2-11(28-16(19)20)8(3-7)13-10(5-23-26-13)24-15(27)9-4-22-6-12-14(9)25-17(21)29-12/h4-5,8-11,22H,6-7,12H2,1-3H3,(H2,27,31)(H,30,33);1-6,16H,(H2,21,25)(H,23,26)(H,24,27). The highest BCUT2D eigenvalue weighted by atomic mass is 35.5. The molecule has 6 aromatic heterocycles. The molecule has 0 bridgehead atoms. The summed E-state index contributed by atoms with van der Waals surface area (Å²) in [5, 5.41) is 17.5. The van der Waals surface area contributed by atoms with Crippen LogP contribution in [0.1, 0.15) is 20.7 Å². The normalized spacial score (nSPS) is 11.6. The molecule has 0 unspecified atom stereocenters. The average molecular weight is 1000 g/mol. The lowest BCUT2D eigenvalue weighted by atomic mass is 10.1. The van der Waals surface area contributed by atoms with Crippen molar-refractivity contribution in [2.24, 2.45) is 0 Å². The zero-order valence-electron chi connectivity index (χ0n) is 34.6. The number of nitrogens with zero attached hydrogens (tertiary/aromatic N) is 7. The molecule has 0 aliphatic heterocycles. The van der Waals surface area contributed by atoms with Crippen molar-refractivity contribution in [1.29, 1.82) is 0 Å². The van der Waals surface area contributed by atoms with Crippen molar-refractivity contribution in [2.45, 2.75) is 45.6 Å². The van der Waals surface area contributed by atoms with Gasteiger partial charge in [-0.3, -0.25) is 24.7 Å². The number of hydrogen-bond acceptors (Lipinski definition) is 15. The number of thiazole rings is 2. The van der Waals surface area contributed by atoms with E-state index in [9.17, 15) is 27.2 Å². The smallest absolute Gasteiger partial charge is 0.387 e. The highest BCUT2D eigenvalue weighted by Crippen LogP contribution is 2.39. The first-order chi connectivity index (χ1) is 31.4. The van der Waals surface area contributed by atoms with Gasteiger partial charge in [0.05, 0.1) is 66.7 Å². The predicted octanol–water partition coefficient (Wildman–Crippen LogP) is 10.1. The van der Waals surface area contributed by atoms with Gasteiger partial charge in [-0.05, 0) is 42.4 Å². The first-order valence-electron chi connectivity index (χ1n) is 19.2. The number of ether oxygens (including phenoxy) is 3. The van der Waals surface area contributed by atoms with Crippen LogP contribution in [0.2, 0.25) is 35.7 Å². The van der Waals surface area contributed by atoms with E-state index in [1.54, 1.807) is 12.4 Å². The Morgan fingerprint density at radius 2 is 1.30 bits per heavy atom. The summed E-state index contributed by atoms with van der Waals surface area (Å²) in [6, 6.07) is 9.31. The number of carbonyl (C=O) groups excluding carboxylic acids is 2. The Balaban J connectivity index is 0.000000202. The van der Waals surface area contributed by atoms with E-state index in [1.165, 1.54) is 88.5 Å². The van der Waals surface area contributed by atoms with Crippen LogP contribution in [0.3, 0.4) is 0 Å². The molecule has 0 aliphatic carbocycles. The number of aromatic nitrogens is 8. The van der Waals surface area contributed by atoms with Gasteiger partial charge in [0.2, 0.25) is 0 Å². The Morgan fingerprint density at radius 3 is 1.85 bits per heavy atom. The molecular formula is C40H36Cl2F4N12O5S2Si. The van der Waals surface area contributed by atoms with Crippen LogP contribution in [-0.2, 0) is 11.5 Å². The molecule has 66 heavy (non-hydrogen) atoms. The van der Waals surface area contributed by atoms with Gasteiger partial charge in [0.15, 0.2) is 10.3 Å². The van der Waals surface area contributed by atoms with Gasteiger partial charge in [0, 0.05) is 60.6 Å². The molecule has 0 radical (unpaired) electrons. The number of alkyl halides is 4. The van der Waals surface area contributed by atoms with Gasteiger partial charge in [-0.2, -0.15) is 27.8 Å². The minimum Gasteiger partial charge on any atom is -0.434 e. The molecule has 344 valence electrons. The quantitative estimate of drug-likeness (QED) is 0.0366. The number of amides is 2. The monoisotopic (exact) mass is 1000 g/mol. The molecule has 0 fully saturated rings. The minimum absolute atomic E-state index is 0.0239. The van der Waals surface area contributed by atoms with Gasteiger partial charge >= 0.3 is 13.2 Å². The summed E-state index contributed by atoms with van der Waals surface area (Å²) in [5.74, 6) is -1.30. The van der Waals surface area contributed by atoms with E-state index in [1.807, 2.05) is 0 Å². The Labute approximate surface area is 390 Å². The van der Waals surface area contributed by atoms with Gasteiger partial charge < -0.3 is 36.3 Å². The van der Waals surface area contributed by atoms with E-state index in [4.69, 9.17) is 44.1 Å². The van der Waals surface area contributed by atoms with Crippen molar-refractivity contribution >= 4 is 108 Å². The summed E-state index contributed by atoms with van der Waals surface area (Å²) >= 11 is 14.6. The number of nitrogen functional groups attached to an aromatic ring is 2. The van der Waals surface area contributed by atoms with Crippen LogP contribution < -0.4 is 31.6 Å². The lowest BCUT2D eigenvalue weighted by Crippen LogP contribution is -2.22. The largest absolute Gasteiger partial charge is 0.434 e. The van der Waals surface area contributed by atoms with Crippen LogP contribution >= 0.6 is 45.9 Å². The van der Waals surface area contributed by atoms with Gasteiger partial charge in [-0.1, -0.05) is 65.5 Å². The van der Waals surface area contributed by atoms with Crippen LogP contribution in [-0.4, -0.2) is 79.6 Å². The van der Waals surface area contributed by atoms with Crippen LogP contribution in [0.15, 0.2) is 73.6 Å². The molecule has 2 amide bonds. The summed E-state index contributed by atoms with van der Waals surface area (Å²) in [7, 11) is -1.33. The lowest BCUT2D eigenvalue weighted by molar-refractivity contribution is -0.0501. The fourth-order valence-electron chi connectivity index (χ4n) is 6.21. The molecule has 0 aliphatic rings. The van der Waals surface area contributed by atoms with Crippen LogP contribution in [0, 0.1) is 0 Å². The Morgan fingerprint density at radius 1 is 0.773 bits per heavy atom. The number of nitrogens with two attached hydrogens (primary N) is 2. The van der Waals surface area contributed by atoms with Crippen molar-refractivity contribution in [3.63, 3.8) is 0 Å². The molecule has 8 aromatic rings. The molecule has 26 heteroatoms. The molecule has 0 spiro atoms. The van der Waals surface area contributed by atoms with Crippen molar-refractivity contribution in [2.75, 3.05) is 28.7 Å². The fourth-order valence-corrected chi connectivity index (χ4v) is 8.77. The number of nitrogens with one attached hydrogen (secondary N) is 3. The maximum absolute atomic E-state index is 13.3. The maximum Gasteiger partial charge on any atom is 0.387 e. The lowest BCUT2D eigenvalue weighted by Gasteiger charge is -2.17. The average Bonchev–Trinajstić information content (AvgIpc) is 4.05. The van der Waals surface area contributed by atoms with Crippen LogP contribution in [0.4, 0.5) is 39.2 Å². The second kappa shape index (κ2) is 20.4. The Kier molecular flexibility index (Phi) is 14.7. The third-order valence-corrected chi connectivity index (χ3v) is 13.0. The summed E-state index contributed by atoms with van der Waals surface area (Å²) in [6.45, 7) is 1.12. The summed E-state index contributed by atoms with van der Waals surface area (Å²) in [6.07, 6.45) is 8.62. The van der Waals surface area contributed by atoms with Gasteiger partial charge in [0.1, 0.15) is 18.2 Å². The number of anilines is 4. The minimum atomic E-state index is -3.07. The number of halogens is 6. The van der Waals surface area contributed by atoms with Crippen molar-refractivity contribution in [3.05, 3.63) is 94.8 Å². The second-order valence-corrected chi connectivity index (χ2v) is 23.6. The summed E-state index contributed by atoms with van der Waals surface area (Å²) in [5.41, 5.74) is 14.2. The molecule has 0 saturated heterocycles. The van der Waals surface area contributed by atoms with Crippen LogP contribution in [0.25, 0.3) is 42.9 Å². The zero-order valence-corrected chi connectivity index (χ0v) is 38.8. The summed E-state index contributed by atoms with van der Waals surface area (Å²) < 4.78 is 69.8. The highest BCUT2D eigenvalue weighted by Gasteiger charge is 2.24. The molecule has 7 N–H and O–H groups in total. The topological polar surface area (TPSA) is 236 Å². The number of pyridine rings is 2. The SMILES string of the molecule is C[Si](C)(C)CCOCn1ncc(NC(=O)c2cncc3sc(N)nc23)c1-c1cc(Cl)ccc1OC(F)F.Nc1nc2c(C(=O)Nc3cn[nH]c3-c3cc(Cl)ccc3OC(F)F)cncc2s1. The summed E-state index contributed by atoms with van der Waals surface area (Å²) in [4.78, 5) is 42.6. The number of carbonyl (C=O) groups is 2. The van der Waals surface area contributed by atoms with E-state index in [2.05, 4.69) is 70.2 Å². The first-order valence-corrected chi connectivity index (χ1v) is 25.3. The Hall–Kier alpha value is -6.44. The molecule has 2 aromatic carbocycles. The highest BCUT2D eigenvalue weighted by molar-refractivity contribution is 7.22. The number of fused-ring (bicyclic) bond motifs is 2. The first kappa shape index (κ1) is 47.5. The predicted molar refractivity (Wildman–Crippen MR) is 249 cm³/mol. The van der Waals surface area contributed by atoms with Crippen LogP contribution in [0.5, 0.6) is 11.5 Å². The molecule has 0 saturated carbocycles. The Bertz CT molecular complexity index is 3040. The van der Waals surface area contributed by atoms with Crippen molar-refractivity contribution < 1.29 is 41.4 Å². The van der Waals surface area contributed by atoms with Crippen molar-refractivity contribution in [1.82, 2.24) is 39.9 Å². The van der Waals surface area contributed by atoms with Gasteiger partial charge in [-0.25, -0.2) is 14.6 Å². The van der Waals surface area contributed by atoms with Crippen molar-refractivity contribution in [3.8, 4) is 34.0 Å². The number of aromatic amines is 1. The number of hydrogen-bond donors (Lipinski definition) is 5. The molecule has 8 rings (SSSR count). The van der Waals surface area contributed by atoms with Gasteiger partial charge in [-0.15, -0.1) is 0 Å². The maximum atomic E-state index is 13.3. The molecule has 17 nitrogen and oxygen atoms in total. The number of rotatable bonds is 15. The number of H-pyrrole nitrogens is 1.